The van der Waals surface area contributed by atoms with Gasteiger partial charge >= 0.3 is 0 Å². The van der Waals surface area contributed by atoms with Crippen molar-refractivity contribution in [2.75, 3.05) is 17.4 Å². The zero-order valence-electron chi connectivity index (χ0n) is 19.0. The van der Waals surface area contributed by atoms with Gasteiger partial charge in [0.1, 0.15) is 12.3 Å². The Morgan fingerprint density at radius 3 is 2.12 bits per heavy atom. The van der Waals surface area contributed by atoms with E-state index >= 15 is 0 Å². The highest BCUT2D eigenvalue weighted by atomic mass is 32.2. The highest BCUT2D eigenvalue weighted by Crippen LogP contribution is 2.23. The van der Waals surface area contributed by atoms with Crippen molar-refractivity contribution < 1.29 is 17.9 Å². The number of carbonyl (C=O) groups is 1. The van der Waals surface area contributed by atoms with Crippen molar-refractivity contribution in [3.05, 3.63) is 90.5 Å². The number of benzene rings is 3. The Morgan fingerprint density at radius 1 is 0.909 bits per heavy atom. The van der Waals surface area contributed by atoms with E-state index < -0.39 is 10.0 Å². The normalized spacial score (nSPS) is 11.2. The molecule has 6 nitrogen and oxygen atoms in total. The number of rotatable bonds is 11. The summed E-state index contributed by atoms with van der Waals surface area (Å²) in [6.07, 6.45) is 1.67. The van der Waals surface area contributed by atoms with Crippen molar-refractivity contribution in [2.45, 2.75) is 37.7 Å². The van der Waals surface area contributed by atoms with Crippen molar-refractivity contribution in [3.63, 3.8) is 0 Å². The maximum atomic E-state index is 13.2. The molecular weight excluding hydrogens is 436 g/mol. The number of carbonyl (C=O) groups excluding carboxylic acids is 1. The van der Waals surface area contributed by atoms with Crippen LogP contribution in [-0.4, -0.2) is 33.5 Å². The molecule has 0 radical (unpaired) electrons. The van der Waals surface area contributed by atoms with Gasteiger partial charge in [-0.1, -0.05) is 48.5 Å². The fourth-order valence-corrected chi connectivity index (χ4v) is 4.78. The number of aryl methyl sites for hydroxylation is 1. The molecular formula is C26H30N2O4S. The molecule has 0 saturated carbocycles. The number of ether oxygens (including phenoxy) is 1. The van der Waals surface area contributed by atoms with Crippen molar-refractivity contribution in [3.8, 4) is 5.75 Å². The molecule has 0 aromatic heterocycles. The number of amides is 1. The summed E-state index contributed by atoms with van der Waals surface area (Å²) in [6, 6.07) is 24.7. The third-order valence-corrected chi connectivity index (χ3v) is 6.71. The largest absolute Gasteiger partial charge is 0.491 e. The number of hydrogen-bond acceptors (Lipinski definition) is 4. The first kappa shape index (κ1) is 24.3. The number of anilines is 1. The van der Waals surface area contributed by atoms with Gasteiger partial charge in [-0.15, -0.1) is 0 Å². The van der Waals surface area contributed by atoms with Crippen LogP contribution in [0.15, 0.2) is 89.8 Å². The predicted octanol–water partition coefficient (Wildman–Crippen LogP) is 4.42. The second kappa shape index (κ2) is 11.5. The first-order valence-corrected chi connectivity index (χ1v) is 12.5. The van der Waals surface area contributed by atoms with Gasteiger partial charge in [0, 0.05) is 6.54 Å². The van der Waals surface area contributed by atoms with Crippen LogP contribution in [0.4, 0.5) is 5.69 Å². The minimum atomic E-state index is -3.87. The number of para-hydroxylation sites is 1. The first-order chi connectivity index (χ1) is 15.9. The molecule has 0 aliphatic rings. The lowest BCUT2D eigenvalue weighted by atomic mass is 10.1. The van der Waals surface area contributed by atoms with Crippen LogP contribution >= 0.6 is 0 Å². The van der Waals surface area contributed by atoms with E-state index in [1.165, 1.54) is 12.1 Å². The molecule has 3 aromatic carbocycles. The minimum absolute atomic E-state index is 0.132. The molecule has 0 aliphatic heterocycles. The second-order valence-electron chi connectivity index (χ2n) is 7.92. The SMILES string of the molecule is CC(C)Oc1ccc(CCCNC(=O)CN(c2ccccc2)S(=O)(=O)c2ccccc2)cc1. The van der Waals surface area contributed by atoms with Gasteiger partial charge in [0.05, 0.1) is 16.7 Å². The molecule has 1 N–H and O–H groups in total. The summed E-state index contributed by atoms with van der Waals surface area (Å²) >= 11 is 0. The molecule has 0 saturated heterocycles. The van der Waals surface area contributed by atoms with Gasteiger partial charge in [-0.05, 0) is 68.7 Å². The fraction of sp³-hybridized carbons (Fsp3) is 0.269. The van der Waals surface area contributed by atoms with E-state index in [-0.39, 0.29) is 23.5 Å². The molecule has 174 valence electrons. The molecule has 33 heavy (non-hydrogen) atoms. The molecule has 0 aliphatic carbocycles. The Kier molecular flexibility index (Phi) is 8.49. The van der Waals surface area contributed by atoms with E-state index in [1.54, 1.807) is 48.5 Å². The molecule has 1 amide bonds. The third-order valence-electron chi connectivity index (χ3n) is 4.92. The lowest BCUT2D eigenvalue weighted by Crippen LogP contribution is -2.41. The molecule has 3 rings (SSSR count). The highest BCUT2D eigenvalue weighted by Gasteiger charge is 2.26. The van der Waals surface area contributed by atoms with Gasteiger partial charge in [-0.25, -0.2) is 8.42 Å². The van der Waals surface area contributed by atoms with Gasteiger partial charge in [0.25, 0.3) is 10.0 Å². The number of hydrogen-bond donors (Lipinski definition) is 1. The van der Waals surface area contributed by atoms with Gasteiger partial charge in [0.15, 0.2) is 0 Å². The average molecular weight is 467 g/mol. The monoisotopic (exact) mass is 466 g/mol. The lowest BCUT2D eigenvalue weighted by Gasteiger charge is -2.24. The van der Waals surface area contributed by atoms with Crippen LogP contribution in [0.25, 0.3) is 0 Å². The first-order valence-electron chi connectivity index (χ1n) is 11.0. The molecule has 0 atom stereocenters. The second-order valence-corrected chi connectivity index (χ2v) is 9.79. The summed E-state index contributed by atoms with van der Waals surface area (Å²) in [5.74, 6) is 0.488. The molecule has 0 unspecified atom stereocenters. The topological polar surface area (TPSA) is 75.7 Å². The van der Waals surface area contributed by atoms with Crippen molar-refractivity contribution in [2.24, 2.45) is 0 Å². The van der Waals surface area contributed by atoms with Crippen LogP contribution in [-0.2, 0) is 21.2 Å². The van der Waals surface area contributed by atoms with Gasteiger partial charge in [-0.2, -0.15) is 0 Å². The van der Waals surface area contributed by atoms with Crippen LogP contribution in [0.2, 0.25) is 0 Å². The quantitative estimate of drug-likeness (QED) is 0.425. The zero-order chi connectivity index (χ0) is 23.7. The van der Waals surface area contributed by atoms with Crippen molar-refractivity contribution in [1.82, 2.24) is 5.32 Å². The Hall–Kier alpha value is -3.32. The smallest absolute Gasteiger partial charge is 0.264 e. The van der Waals surface area contributed by atoms with E-state index in [1.807, 2.05) is 38.1 Å². The Morgan fingerprint density at radius 2 is 1.52 bits per heavy atom. The van der Waals surface area contributed by atoms with Crippen molar-refractivity contribution >= 4 is 21.6 Å². The predicted molar refractivity (Wildman–Crippen MR) is 131 cm³/mol. The van der Waals surface area contributed by atoms with Gasteiger partial charge in [0.2, 0.25) is 5.91 Å². The molecule has 3 aromatic rings. The Labute approximate surface area is 196 Å². The summed E-state index contributed by atoms with van der Waals surface area (Å²) in [7, 11) is -3.87. The fourth-order valence-electron chi connectivity index (χ4n) is 3.34. The van der Waals surface area contributed by atoms with Crippen LogP contribution < -0.4 is 14.4 Å². The molecule has 0 heterocycles. The number of nitrogens with zero attached hydrogens (tertiary/aromatic N) is 1. The molecule has 7 heteroatoms. The summed E-state index contributed by atoms with van der Waals surface area (Å²) in [5.41, 5.74) is 1.60. The summed E-state index contributed by atoms with van der Waals surface area (Å²) in [5, 5.41) is 2.84. The zero-order valence-corrected chi connectivity index (χ0v) is 19.8. The maximum Gasteiger partial charge on any atom is 0.264 e. The van der Waals surface area contributed by atoms with Crippen molar-refractivity contribution in [1.29, 1.82) is 0 Å². The standard InChI is InChI=1S/C26H30N2O4S/c1-21(2)32-24-17-15-22(16-18-24)10-9-19-27-26(29)20-28(23-11-5-3-6-12-23)33(30,31)25-13-7-4-8-14-25/h3-8,11-18,21H,9-10,19-20H2,1-2H3,(H,27,29). The highest BCUT2D eigenvalue weighted by molar-refractivity contribution is 7.92. The number of nitrogens with one attached hydrogen (secondary N) is 1. The average Bonchev–Trinajstić information content (AvgIpc) is 2.82. The van der Waals surface area contributed by atoms with Crippen LogP contribution in [0.1, 0.15) is 25.8 Å². The van der Waals surface area contributed by atoms with Gasteiger partial charge in [-0.3, -0.25) is 9.10 Å². The summed E-state index contributed by atoms with van der Waals surface area (Å²) in [4.78, 5) is 12.8. The number of sulfonamides is 1. The summed E-state index contributed by atoms with van der Waals surface area (Å²) in [6.45, 7) is 4.14. The Bertz CT molecular complexity index is 1120. The van der Waals surface area contributed by atoms with Crippen LogP contribution in [0.5, 0.6) is 5.75 Å². The third kappa shape index (κ3) is 7.08. The Balaban J connectivity index is 1.58. The molecule has 0 fully saturated rings. The van der Waals surface area contributed by atoms with E-state index in [4.69, 9.17) is 4.74 Å². The molecule has 0 bridgehead atoms. The van der Waals surface area contributed by atoms with E-state index in [0.717, 1.165) is 28.5 Å². The van der Waals surface area contributed by atoms with E-state index in [2.05, 4.69) is 5.32 Å². The van der Waals surface area contributed by atoms with Gasteiger partial charge < -0.3 is 10.1 Å². The minimum Gasteiger partial charge on any atom is -0.491 e. The van der Waals surface area contributed by atoms with E-state index in [0.29, 0.717) is 12.2 Å². The summed E-state index contributed by atoms with van der Waals surface area (Å²) < 4.78 is 33.2. The van der Waals surface area contributed by atoms with Crippen LogP contribution in [0, 0.1) is 0 Å². The van der Waals surface area contributed by atoms with E-state index in [9.17, 15) is 13.2 Å². The molecule has 0 spiro atoms. The van der Waals surface area contributed by atoms with Crippen LogP contribution in [0.3, 0.4) is 0 Å². The lowest BCUT2D eigenvalue weighted by molar-refractivity contribution is -0.119. The maximum absolute atomic E-state index is 13.2.